The van der Waals surface area contributed by atoms with Crippen molar-refractivity contribution >= 4 is 6.09 Å². The lowest BCUT2D eigenvalue weighted by molar-refractivity contribution is -0.141. The molecule has 0 aromatic carbocycles. The second-order valence-corrected chi connectivity index (χ2v) is 6.83. The quantitative estimate of drug-likeness (QED) is 0.826. The second kappa shape index (κ2) is 6.37. The predicted molar refractivity (Wildman–Crippen MR) is 78.9 cm³/mol. The van der Waals surface area contributed by atoms with Crippen molar-refractivity contribution in [1.29, 1.82) is 0 Å². The van der Waals surface area contributed by atoms with E-state index in [1.165, 1.54) is 12.3 Å². The third-order valence-corrected chi connectivity index (χ3v) is 3.58. The predicted octanol–water partition coefficient (Wildman–Crippen LogP) is 3.90. The van der Waals surface area contributed by atoms with E-state index in [9.17, 15) is 18.0 Å². The second-order valence-electron chi connectivity index (χ2n) is 6.83. The van der Waals surface area contributed by atoms with Gasteiger partial charge in [-0.3, -0.25) is 4.98 Å². The summed E-state index contributed by atoms with van der Waals surface area (Å²) in [6.07, 6.45) is -2.09. The van der Waals surface area contributed by atoms with E-state index in [0.29, 0.717) is 19.5 Å². The van der Waals surface area contributed by atoms with E-state index in [1.807, 2.05) is 20.8 Å². The van der Waals surface area contributed by atoms with Crippen molar-refractivity contribution in [3.05, 3.63) is 29.6 Å². The molecular formula is C16H21F3N2O2. The van der Waals surface area contributed by atoms with Gasteiger partial charge >= 0.3 is 12.3 Å². The third kappa shape index (κ3) is 5.11. The molecule has 2 heterocycles. The Balaban J connectivity index is 1.89. The number of rotatable bonds is 2. The number of alkyl halides is 3. The van der Waals surface area contributed by atoms with Crippen molar-refractivity contribution in [3.63, 3.8) is 0 Å². The number of hydrogen-bond acceptors (Lipinski definition) is 3. The molecule has 0 radical (unpaired) electrons. The van der Waals surface area contributed by atoms with E-state index in [-0.39, 0.29) is 12.0 Å². The lowest BCUT2D eigenvalue weighted by Crippen LogP contribution is -2.35. The Morgan fingerprint density at radius 1 is 1.35 bits per heavy atom. The lowest BCUT2D eigenvalue weighted by atomic mass is 10.00. The van der Waals surface area contributed by atoms with Gasteiger partial charge in [0, 0.05) is 19.3 Å². The molecule has 7 heteroatoms. The van der Waals surface area contributed by atoms with Gasteiger partial charge in [-0.25, -0.2) is 4.79 Å². The van der Waals surface area contributed by atoms with Crippen LogP contribution in [0.5, 0.6) is 0 Å². The molecule has 1 atom stereocenters. The molecule has 1 aliphatic rings. The summed E-state index contributed by atoms with van der Waals surface area (Å²) < 4.78 is 42.8. The summed E-state index contributed by atoms with van der Waals surface area (Å²) in [5.74, 6) is 0.209. The fourth-order valence-electron chi connectivity index (χ4n) is 2.54. The topological polar surface area (TPSA) is 42.4 Å². The standard InChI is InChI=1S/C16H21F3N2O2/c1-15(2,3)23-14(22)21-7-6-12(10-21)8-11-4-5-13(20-9-11)16(17,18)19/h4-5,9,12H,6-8,10H2,1-3H3/t12-/m1/s1. The van der Waals surface area contributed by atoms with E-state index in [4.69, 9.17) is 4.74 Å². The first-order chi connectivity index (χ1) is 10.5. The highest BCUT2D eigenvalue weighted by molar-refractivity contribution is 5.68. The van der Waals surface area contributed by atoms with Crippen molar-refractivity contribution in [2.45, 2.75) is 45.4 Å². The van der Waals surface area contributed by atoms with E-state index >= 15 is 0 Å². The van der Waals surface area contributed by atoms with Crippen molar-refractivity contribution in [3.8, 4) is 0 Å². The first-order valence-corrected chi connectivity index (χ1v) is 7.54. The molecule has 1 fully saturated rings. The minimum absolute atomic E-state index is 0.209. The molecule has 0 unspecified atom stereocenters. The molecule has 2 rings (SSSR count). The number of amides is 1. The Kier molecular flexibility index (Phi) is 4.87. The monoisotopic (exact) mass is 330 g/mol. The largest absolute Gasteiger partial charge is 0.444 e. The van der Waals surface area contributed by atoms with Crippen LogP contribution in [0.2, 0.25) is 0 Å². The molecule has 0 aliphatic carbocycles. The molecule has 128 valence electrons. The maximum absolute atomic E-state index is 12.5. The first kappa shape index (κ1) is 17.6. The van der Waals surface area contributed by atoms with Crippen LogP contribution < -0.4 is 0 Å². The number of nitrogens with zero attached hydrogens (tertiary/aromatic N) is 2. The number of carbonyl (C=O) groups excluding carboxylic acids is 1. The van der Waals surface area contributed by atoms with Crippen LogP contribution in [0.1, 0.15) is 38.4 Å². The molecule has 1 saturated heterocycles. The van der Waals surface area contributed by atoms with E-state index < -0.39 is 17.5 Å². The van der Waals surface area contributed by atoms with Crippen molar-refractivity contribution in [1.82, 2.24) is 9.88 Å². The molecule has 23 heavy (non-hydrogen) atoms. The number of likely N-dealkylation sites (tertiary alicyclic amines) is 1. The summed E-state index contributed by atoms with van der Waals surface area (Å²) in [5, 5.41) is 0. The number of carbonyl (C=O) groups is 1. The number of ether oxygens (including phenoxy) is 1. The number of halogens is 3. The Morgan fingerprint density at radius 2 is 2.04 bits per heavy atom. The van der Waals surface area contributed by atoms with E-state index in [2.05, 4.69) is 4.98 Å². The van der Waals surface area contributed by atoms with Crippen LogP contribution in [0.4, 0.5) is 18.0 Å². The Hall–Kier alpha value is -1.79. The van der Waals surface area contributed by atoms with Gasteiger partial charge in [-0.05, 0) is 51.2 Å². The van der Waals surface area contributed by atoms with Crippen LogP contribution >= 0.6 is 0 Å². The van der Waals surface area contributed by atoms with E-state index in [0.717, 1.165) is 18.1 Å². The van der Waals surface area contributed by atoms with Gasteiger partial charge in [0.05, 0.1) is 0 Å². The Bertz CT molecular complexity index is 550. The zero-order chi connectivity index (χ0) is 17.3. The molecule has 0 spiro atoms. The molecule has 0 bridgehead atoms. The number of pyridine rings is 1. The summed E-state index contributed by atoms with van der Waals surface area (Å²) in [4.78, 5) is 17.1. The maximum Gasteiger partial charge on any atom is 0.433 e. The van der Waals surface area contributed by atoms with Gasteiger partial charge in [-0.15, -0.1) is 0 Å². The maximum atomic E-state index is 12.5. The fourth-order valence-corrected chi connectivity index (χ4v) is 2.54. The normalized spacial score (nSPS) is 19.0. The van der Waals surface area contributed by atoms with Crippen molar-refractivity contribution in [2.75, 3.05) is 13.1 Å². The molecule has 4 nitrogen and oxygen atoms in total. The van der Waals surface area contributed by atoms with Gasteiger partial charge in [-0.1, -0.05) is 6.07 Å². The highest BCUT2D eigenvalue weighted by Crippen LogP contribution is 2.28. The summed E-state index contributed by atoms with van der Waals surface area (Å²) in [7, 11) is 0. The summed E-state index contributed by atoms with van der Waals surface area (Å²) in [6.45, 7) is 6.59. The highest BCUT2D eigenvalue weighted by Gasteiger charge is 2.33. The van der Waals surface area contributed by atoms with Gasteiger partial charge in [-0.2, -0.15) is 13.2 Å². The van der Waals surface area contributed by atoms with E-state index in [1.54, 1.807) is 4.90 Å². The molecule has 1 amide bonds. The highest BCUT2D eigenvalue weighted by atomic mass is 19.4. The molecule has 1 aromatic rings. The summed E-state index contributed by atoms with van der Waals surface area (Å²) in [5.41, 5.74) is -0.677. The molecule has 0 saturated carbocycles. The van der Waals surface area contributed by atoms with Crippen LogP contribution in [-0.2, 0) is 17.3 Å². The summed E-state index contributed by atoms with van der Waals surface area (Å²) >= 11 is 0. The lowest BCUT2D eigenvalue weighted by Gasteiger charge is -2.24. The fraction of sp³-hybridized carbons (Fsp3) is 0.625. The number of aromatic nitrogens is 1. The molecule has 0 N–H and O–H groups in total. The van der Waals surface area contributed by atoms with Crippen molar-refractivity contribution in [2.24, 2.45) is 5.92 Å². The summed E-state index contributed by atoms with van der Waals surface area (Å²) in [6, 6.07) is 2.45. The van der Waals surface area contributed by atoms with Crippen LogP contribution in [0, 0.1) is 5.92 Å². The van der Waals surface area contributed by atoms with Crippen LogP contribution in [-0.4, -0.2) is 34.7 Å². The average molecular weight is 330 g/mol. The molecule has 1 aromatic heterocycles. The first-order valence-electron chi connectivity index (χ1n) is 7.54. The van der Waals surface area contributed by atoms with Crippen molar-refractivity contribution < 1.29 is 22.7 Å². The van der Waals surface area contributed by atoms with Gasteiger partial charge in [0.1, 0.15) is 11.3 Å². The zero-order valence-corrected chi connectivity index (χ0v) is 13.5. The van der Waals surface area contributed by atoms with Gasteiger partial charge < -0.3 is 9.64 Å². The van der Waals surface area contributed by atoms with Gasteiger partial charge in [0.15, 0.2) is 0 Å². The van der Waals surface area contributed by atoms with Gasteiger partial charge in [0.25, 0.3) is 0 Å². The van der Waals surface area contributed by atoms with Crippen LogP contribution in [0.25, 0.3) is 0 Å². The van der Waals surface area contributed by atoms with Gasteiger partial charge in [0.2, 0.25) is 0 Å². The Morgan fingerprint density at radius 3 is 2.57 bits per heavy atom. The smallest absolute Gasteiger partial charge is 0.433 e. The Labute approximate surface area is 133 Å². The molecular weight excluding hydrogens is 309 g/mol. The molecule has 1 aliphatic heterocycles. The zero-order valence-electron chi connectivity index (χ0n) is 13.5. The van der Waals surface area contributed by atoms with Crippen LogP contribution in [0.3, 0.4) is 0 Å². The average Bonchev–Trinajstić information content (AvgIpc) is 2.85. The third-order valence-electron chi connectivity index (χ3n) is 3.58. The van der Waals surface area contributed by atoms with Crippen LogP contribution in [0.15, 0.2) is 18.3 Å². The minimum Gasteiger partial charge on any atom is -0.444 e. The minimum atomic E-state index is -4.42. The SMILES string of the molecule is CC(C)(C)OC(=O)N1CC[C@H](Cc2ccc(C(F)(F)F)nc2)C1. The number of hydrogen-bond donors (Lipinski definition) is 0.